The van der Waals surface area contributed by atoms with Crippen LogP contribution in [0.25, 0.3) is 0 Å². The molecule has 1 heterocycles. The Morgan fingerprint density at radius 3 is 2.21 bits per heavy atom. The predicted molar refractivity (Wildman–Crippen MR) is 133 cm³/mol. The van der Waals surface area contributed by atoms with E-state index in [1.807, 2.05) is 65.6 Å². The lowest BCUT2D eigenvalue weighted by molar-refractivity contribution is -0.141. The van der Waals surface area contributed by atoms with Crippen LogP contribution in [0.1, 0.15) is 22.7 Å². The Bertz CT molecular complexity index is 1200. The van der Waals surface area contributed by atoms with Gasteiger partial charge in [-0.1, -0.05) is 46.3 Å². The molecule has 4 rings (SSSR count). The van der Waals surface area contributed by atoms with E-state index in [1.54, 1.807) is 21.3 Å². The van der Waals surface area contributed by atoms with Gasteiger partial charge >= 0.3 is 5.97 Å². The number of carbonyl (C=O) groups excluding carboxylic acids is 1. The minimum atomic E-state index is -0.375. The molecule has 0 N–H and O–H groups in total. The monoisotopic (exact) mass is 524 g/mol. The number of methoxy groups -OCH3 is 4. The zero-order chi connectivity index (χ0) is 24.2. The fourth-order valence-corrected chi connectivity index (χ4v) is 4.50. The molecule has 0 bridgehead atoms. The van der Waals surface area contributed by atoms with Crippen LogP contribution in [0, 0.1) is 0 Å². The number of nitrogens with zero attached hydrogens (tertiary/aromatic N) is 2. The van der Waals surface area contributed by atoms with Crippen molar-refractivity contribution in [3.05, 3.63) is 81.8 Å². The first-order chi connectivity index (χ1) is 16.5. The van der Waals surface area contributed by atoms with Crippen molar-refractivity contribution in [2.75, 3.05) is 35.0 Å². The number of carbonyl (C=O) groups is 1. The number of ether oxygens (including phenoxy) is 4. The van der Waals surface area contributed by atoms with E-state index in [9.17, 15) is 4.79 Å². The molecule has 8 heteroatoms. The fraction of sp³-hybridized carbons (Fsp3) is 0.231. The summed E-state index contributed by atoms with van der Waals surface area (Å²) in [4.78, 5) is 19.5. The smallest absolute Gasteiger partial charge is 0.325 e. The predicted octanol–water partition coefficient (Wildman–Crippen LogP) is 5.13. The van der Waals surface area contributed by atoms with Crippen molar-refractivity contribution in [2.24, 2.45) is 4.99 Å². The van der Waals surface area contributed by atoms with Gasteiger partial charge in [-0.3, -0.25) is 4.79 Å². The van der Waals surface area contributed by atoms with Crippen molar-refractivity contribution in [2.45, 2.75) is 6.04 Å². The normalized spacial score (nSPS) is 14.7. The largest absolute Gasteiger partial charge is 0.493 e. The van der Waals surface area contributed by atoms with Crippen LogP contribution in [-0.4, -0.2) is 51.7 Å². The van der Waals surface area contributed by atoms with Gasteiger partial charge in [0.25, 0.3) is 0 Å². The quantitative estimate of drug-likeness (QED) is 0.399. The number of aliphatic imine (C=N–C) groups is 1. The van der Waals surface area contributed by atoms with E-state index in [-0.39, 0.29) is 18.6 Å². The van der Waals surface area contributed by atoms with Crippen molar-refractivity contribution in [3.8, 4) is 17.2 Å². The topological polar surface area (TPSA) is 69.6 Å². The molecule has 0 unspecified atom stereocenters. The zero-order valence-corrected chi connectivity index (χ0v) is 21.0. The van der Waals surface area contributed by atoms with E-state index in [2.05, 4.69) is 15.9 Å². The zero-order valence-electron chi connectivity index (χ0n) is 19.4. The van der Waals surface area contributed by atoms with Gasteiger partial charge < -0.3 is 23.8 Å². The van der Waals surface area contributed by atoms with Crippen LogP contribution in [0.4, 0.5) is 5.69 Å². The Labute approximate surface area is 207 Å². The molecule has 0 saturated heterocycles. The number of fused-ring (bicyclic) bond motifs is 1. The van der Waals surface area contributed by atoms with Gasteiger partial charge in [0, 0.05) is 15.6 Å². The second-order valence-corrected chi connectivity index (χ2v) is 8.49. The van der Waals surface area contributed by atoms with Gasteiger partial charge in [-0.05, 0) is 35.9 Å². The maximum Gasteiger partial charge on any atom is 0.325 e. The number of benzene rings is 3. The van der Waals surface area contributed by atoms with E-state index in [0.717, 1.165) is 21.3 Å². The molecule has 1 aliphatic heterocycles. The van der Waals surface area contributed by atoms with E-state index in [0.29, 0.717) is 28.6 Å². The van der Waals surface area contributed by atoms with Crippen molar-refractivity contribution in [1.29, 1.82) is 0 Å². The van der Waals surface area contributed by atoms with E-state index < -0.39 is 0 Å². The van der Waals surface area contributed by atoms with Crippen molar-refractivity contribution < 1.29 is 23.7 Å². The highest BCUT2D eigenvalue weighted by atomic mass is 79.9. The average Bonchev–Trinajstić information content (AvgIpc) is 2.87. The fourth-order valence-electron chi connectivity index (χ4n) is 4.12. The number of esters is 1. The summed E-state index contributed by atoms with van der Waals surface area (Å²) in [6, 6.07) is 19.3. The Morgan fingerprint density at radius 1 is 0.941 bits per heavy atom. The first-order valence-electron chi connectivity index (χ1n) is 10.6. The molecule has 0 fully saturated rings. The highest BCUT2D eigenvalue weighted by Crippen LogP contribution is 2.44. The van der Waals surface area contributed by atoms with Gasteiger partial charge in [-0.2, -0.15) is 0 Å². The maximum absolute atomic E-state index is 12.6. The molecule has 0 radical (unpaired) electrons. The van der Waals surface area contributed by atoms with Crippen LogP contribution in [0.3, 0.4) is 0 Å². The Kier molecular flexibility index (Phi) is 7.07. The molecule has 1 atom stereocenters. The molecule has 0 spiro atoms. The summed E-state index contributed by atoms with van der Waals surface area (Å²) in [5, 5.41) is 0. The van der Waals surface area contributed by atoms with E-state index >= 15 is 0 Å². The number of hydrogen-bond donors (Lipinski definition) is 0. The van der Waals surface area contributed by atoms with Crippen LogP contribution in [0.2, 0.25) is 0 Å². The molecule has 0 saturated carbocycles. The van der Waals surface area contributed by atoms with Gasteiger partial charge in [-0.25, -0.2) is 4.99 Å². The first kappa shape index (κ1) is 23.6. The number of halogens is 1. The van der Waals surface area contributed by atoms with Gasteiger partial charge in [0.15, 0.2) is 11.5 Å². The standard InChI is InChI=1S/C26H25BrN2O5/c1-31-21-12-17(13-22(32-2)25(21)34-4)26-28-20-11-10-18(27)14-19(20)24(16-8-6-5-7-9-16)29(26)15-23(30)33-3/h5-14,24H,15H2,1-4H3/t24-/m0/s1. The molecule has 0 amide bonds. The first-order valence-corrected chi connectivity index (χ1v) is 11.4. The summed E-state index contributed by atoms with van der Waals surface area (Å²) in [7, 11) is 6.07. The molecular weight excluding hydrogens is 500 g/mol. The van der Waals surface area contributed by atoms with Crippen LogP contribution in [-0.2, 0) is 9.53 Å². The lowest BCUT2D eigenvalue weighted by atomic mass is 9.92. The summed E-state index contributed by atoms with van der Waals surface area (Å²) < 4.78 is 22.6. The molecule has 176 valence electrons. The van der Waals surface area contributed by atoms with Crippen LogP contribution in [0.15, 0.2) is 70.1 Å². The molecule has 3 aromatic carbocycles. The molecule has 1 aliphatic rings. The van der Waals surface area contributed by atoms with E-state index in [4.69, 9.17) is 23.9 Å². The molecule has 3 aromatic rings. The Balaban J connectivity index is 1.98. The highest BCUT2D eigenvalue weighted by molar-refractivity contribution is 9.10. The highest BCUT2D eigenvalue weighted by Gasteiger charge is 2.34. The molecular formula is C26H25BrN2O5. The summed E-state index contributed by atoms with van der Waals surface area (Å²) >= 11 is 3.58. The van der Waals surface area contributed by atoms with Gasteiger partial charge in [0.2, 0.25) is 5.75 Å². The van der Waals surface area contributed by atoms with Crippen molar-refractivity contribution in [3.63, 3.8) is 0 Å². The third-order valence-corrected chi connectivity index (χ3v) is 6.15. The van der Waals surface area contributed by atoms with Crippen LogP contribution in [0.5, 0.6) is 17.2 Å². The number of hydrogen-bond acceptors (Lipinski definition) is 7. The second-order valence-electron chi connectivity index (χ2n) is 7.57. The summed E-state index contributed by atoms with van der Waals surface area (Å²) in [5.41, 5.74) is 3.51. The average molecular weight is 525 g/mol. The molecule has 0 aliphatic carbocycles. The summed E-state index contributed by atoms with van der Waals surface area (Å²) in [6.07, 6.45) is 0. The second kappa shape index (κ2) is 10.2. The minimum Gasteiger partial charge on any atom is -0.493 e. The maximum atomic E-state index is 12.6. The SMILES string of the molecule is COC(=O)CN1C(c2cc(OC)c(OC)c(OC)c2)=Nc2ccc(Br)cc2[C@@H]1c1ccccc1. The Hall–Kier alpha value is -3.52. The summed E-state index contributed by atoms with van der Waals surface area (Å²) in [5.74, 6) is 1.69. The molecule has 34 heavy (non-hydrogen) atoms. The molecule has 0 aromatic heterocycles. The van der Waals surface area contributed by atoms with Crippen molar-refractivity contribution in [1.82, 2.24) is 4.90 Å². The van der Waals surface area contributed by atoms with E-state index in [1.165, 1.54) is 7.11 Å². The van der Waals surface area contributed by atoms with Gasteiger partial charge in [-0.15, -0.1) is 0 Å². The van der Waals surface area contributed by atoms with Gasteiger partial charge in [0.1, 0.15) is 12.4 Å². The third kappa shape index (κ3) is 4.46. The van der Waals surface area contributed by atoms with Gasteiger partial charge in [0.05, 0.1) is 40.2 Å². The lowest BCUT2D eigenvalue weighted by Gasteiger charge is -2.38. The third-order valence-electron chi connectivity index (χ3n) is 5.66. The minimum absolute atomic E-state index is 0.00247. The number of amidine groups is 1. The number of rotatable bonds is 7. The molecule has 7 nitrogen and oxygen atoms in total. The van der Waals surface area contributed by atoms with Crippen molar-refractivity contribution >= 4 is 33.4 Å². The summed E-state index contributed by atoms with van der Waals surface area (Å²) in [6.45, 7) is -0.00247. The Morgan fingerprint density at radius 2 is 1.62 bits per heavy atom. The van der Waals surface area contributed by atoms with Crippen LogP contribution >= 0.6 is 15.9 Å². The van der Waals surface area contributed by atoms with Crippen LogP contribution < -0.4 is 14.2 Å². The lowest BCUT2D eigenvalue weighted by Crippen LogP contribution is -2.42.